The van der Waals surface area contributed by atoms with E-state index >= 15 is 0 Å². The number of carbonyl (C=O) groups is 2. The Morgan fingerprint density at radius 3 is 2.44 bits per heavy atom. The molecule has 96 valence electrons. The Balaban J connectivity index is 2.20. The van der Waals surface area contributed by atoms with E-state index < -0.39 is 23.5 Å². The molecule has 0 bridgehead atoms. The number of likely N-dealkylation sites (tertiary alicyclic amines) is 1. The lowest BCUT2D eigenvalue weighted by atomic mass is 9.79. The highest BCUT2D eigenvalue weighted by molar-refractivity contribution is 5.85. The molecule has 1 aromatic carbocycles. The minimum Gasteiger partial charge on any atom is -0.480 e. The Bertz CT molecular complexity index is 473. The summed E-state index contributed by atoms with van der Waals surface area (Å²) in [6, 6.07) is 8.57. The van der Waals surface area contributed by atoms with Gasteiger partial charge >= 0.3 is 11.9 Å². The monoisotopic (exact) mass is 249 g/mol. The van der Waals surface area contributed by atoms with Crippen molar-refractivity contribution in [3.05, 3.63) is 35.9 Å². The third-order valence-electron chi connectivity index (χ3n) is 3.54. The van der Waals surface area contributed by atoms with E-state index in [1.54, 1.807) is 6.92 Å². The molecule has 0 saturated carbocycles. The highest BCUT2D eigenvalue weighted by Gasteiger charge is 2.56. The van der Waals surface area contributed by atoms with Gasteiger partial charge in [-0.05, 0) is 12.5 Å². The van der Waals surface area contributed by atoms with Crippen LogP contribution in [0.15, 0.2) is 30.3 Å². The molecule has 1 fully saturated rings. The molecule has 2 rings (SSSR count). The van der Waals surface area contributed by atoms with Crippen LogP contribution in [0.4, 0.5) is 0 Å². The summed E-state index contributed by atoms with van der Waals surface area (Å²) in [6.45, 7) is 1.90. The predicted molar refractivity (Wildman–Crippen MR) is 64.1 cm³/mol. The first-order valence-electron chi connectivity index (χ1n) is 5.72. The molecule has 5 nitrogen and oxygen atoms in total. The fourth-order valence-corrected chi connectivity index (χ4v) is 2.33. The molecular formula is C13H15NO4. The molecule has 18 heavy (non-hydrogen) atoms. The van der Waals surface area contributed by atoms with E-state index in [-0.39, 0.29) is 6.42 Å². The molecule has 1 aliphatic rings. The number of carboxylic acids is 2. The van der Waals surface area contributed by atoms with Crippen LogP contribution in [0, 0.1) is 0 Å². The molecule has 2 N–H and O–H groups in total. The number of aliphatic carboxylic acids is 2. The Labute approximate surface area is 105 Å². The molecule has 1 unspecified atom stereocenters. The minimum atomic E-state index is -1.08. The van der Waals surface area contributed by atoms with Gasteiger partial charge in [-0.15, -0.1) is 0 Å². The molecule has 5 heteroatoms. The first-order chi connectivity index (χ1) is 8.45. The zero-order valence-corrected chi connectivity index (χ0v) is 10.0. The lowest BCUT2D eigenvalue weighted by Crippen LogP contribution is -2.69. The lowest BCUT2D eigenvalue weighted by molar-refractivity contribution is -0.178. The summed E-state index contributed by atoms with van der Waals surface area (Å²) in [5, 5.41) is 18.3. The molecule has 0 amide bonds. The quantitative estimate of drug-likeness (QED) is 0.838. The van der Waals surface area contributed by atoms with Crippen molar-refractivity contribution in [3.63, 3.8) is 0 Å². The van der Waals surface area contributed by atoms with Gasteiger partial charge in [-0.2, -0.15) is 0 Å². The van der Waals surface area contributed by atoms with Gasteiger partial charge in [-0.25, -0.2) is 0 Å². The van der Waals surface area contributed by atoms with Crippen LogP contribution in [0.25, 0.3) is 0 Å². The van der Waals surface area contributed by atoms with Crippen molar-refractivity contribution in [2.75, 3.05) is 0 Å². The largest absolute Gasteiger partial charge is 0.480 e. The summed E-state index contributed by atoms with van der Waals surface area (Å²) in [5.74, 6) is -1.94. The maximum Gasteiger partial charge on any atom is 0.323 e. The van der Waals surface area contributed by atoms with Gasteiger partial charge in [0, 0.05) is 13.0 Å². The van der Waals surface area contributed by atoms with E-state index in [4.69, 9.17) is 5.11 Å². The van der Waals surface area contributed by atoms with Gasteiger partial charge in [0.05, 0.1) is 0 Å². The normalized spacial score (nSPS) is 27.5. The second-order valence-corrected chi connectivity index (χ2v) is 4.75. The zero-order chi connectivity index (χ0) is 13.3. The summed E-state index contributed by atoms with van der Waals surface area (Å²) in [7, 11) is 0. The number of hydrogen-bond acceptors (Lipinski definition) is 3. The average molecular weight is 249 g/mol. The predicted octanol–water partition coefficient (Wildman–Crippen LogP) is 1.19. The van der Waals surface area contributed by atoms with E-state index in [9.17, 15) is 14.7 Å². The van der Waals surface area contributed by atoms with Crippen LogP contribution < -0.4 is 0 Å². The molecule has 1 saturated heterocycles. The van der Waals surface area contributed by atoms with Crippen LogP contribution in [0.5, 0.6) is 0 Å². The maximum atomic E-state index is 11.2. The van der Waals surface area contributed by atoms with Crippen LogP contribution in [0.3, 0.4) is 0 Å². The molecule has 1 aromatic rings. The zero-order valence-electron chi connectivity index (χ0n) is 10.0. The Morgan fingerprint density at radius 1 is 1.33 bits per heavy atom. The van der Waals surface area contributed by atoms with E-state index in [1.807, 2.05) is 30.3 Å². The first-order valence-corrected chi connectivity index (χ1v) is 5.72. The van der Waals surface area contributed by atoms with Gasteiger partial charge in [0.2, 0.25) is 0 Å². The highest BCUT2D eigenvalue weighted by Crippen LogP contribution is 2.38. The van der Waals surface area contributed by atoms with Gasteiger partial charge in [0.25, 0.3) is 0 Å². The Morgan fingerprint density at radius 2 is 1.94 bits per heavy atom. The molecular weight excluding hydrogens is 234 g/mol. The maximum absolute atomic E-state index is 11.2. The van der Waals surface area contributed by atoms with Crippen molar-refractivity contribution in [3.8, 4) is 0 Å². The third kappa shape index (κ3) is 1.97. The molecule has 0 aliphatic carbocycles. The number of hydrogen-bond donors (Lipinski definition) is 2. The lowest BCUT2D eigenvalue weighted by Gasteiger charge is -2.51. The van der Waals surface area contributed by atoms with Crippen molar-refractivity contribution in [1.29, 1.82) is 0 Å². The number of nitrogens with zero attached hydrogens (tertiary/aromatic N) is 1. The van der Waals surface area contributed by atoms with E-state index in [1.165, 1.54) is 4.90 Å². The molecule has 1 aliphatic heterocycles. The van der Waals surface area contributed by atoms with Gasteiger partial charge in [0.15, 0.2) is 0 Å². The number of benzene rings is 1. The van der Waals surface area contributed by atoms with Crippen molar-refractivity contribution >= 4 is 11.9 Å². The fraction of sp³-hybridized carbons (Fsp3) is 0.385. The molecule has 1 heterocycles. The first kappa shape index (κ1) is 12.6. The third-order valence-corrected chi connectivity index (χ3v) is 3.54. The smallest absolute Gasteiger partial charge is 0.323 e. The van der Waals surface area contributed by atoms with Gasteiger partial charge < -0.3 is 10.2 Å². The summed E-state index contributed by atoms with van der Waals surface area (Å²) >= 11 is 0. The molecule has 0 radical (unpaired) electrons. The van der Waals surface area contributed by atoms with Crippen LogP contribution in [0.1, 0.15) is 18.9 Å². The van der Waals surface area contributed by atoms with Gasteiger partial charge in [-0.1, -0.05) is 30.3 Å². The molecule has 0 aromatic heterocycles. The second-order valence-electron chi connectivity index (χ2n) is 4.75. The molecule has 0 spiro atoms. The minimum absolute atomic E-state index is 0.143. The average Bonchev–Trinajstić information content (AvgIpc) is 2.33. The standard InChI is InChI=1S/C13H15NO4/c1-13(12(17)18)7-10(11(15)16)14(13)8-9-5-3-2-4-6-9/h2-6,10H,7-8H2,1H3,(H,15,16)(H,17,18)/t10?,13-/m0/s1. The van der Waals surface area contributed by atoms with Crippen LogP contribution in [-0.2, 0) is 16.1 Å². The summed E-state index contributed by atoms with van der Waals surface area (Å²) in [6.07, 6.45) is 0.143. The van der Waals surface area contributed by atoms with Crippen LogP contribution in [0.2, 0.25) is 0 Å². The summed E-state index contributed by atoms with van der Waals surface area (Å²) in [5.41, 5.74) is -0.172. The second kappa shape index (κ2) is 4.42. The number of rotatable bonds is 4. The summed E-state index contributed by atoms with van der Waals surface area (Å²) < 4.78 is 0. The summed E-state index contributed by atoms with van der Waals surface area (Å²) in [4.78, 5) is 23.8. The van der Waals surface area contributed by atoms with Crippen LogP contribution in [-0.4, -0.2) is 38.6 Å². The van der Waals surface area contributed by atoms with Gasteiger partial charge in [0.1, 0.15) is 11.6 Å². The highest BCUT2D eigenvalue weighted by atomic mass is 16.4. The molecule has 2 atom stereocenters. The van der Waals surface area contributed by atoms with Crippen molar-refractivity contribution in [1.82, 2.24) is 4.90 Å². The van der Waals surface area contributed by atoms with Crippen LogP contribution >= 0.6 is 0 Å². The fourth-order valence-electron chi connectivity index (χ4n) is 2.33. The van der Waals surface area contributed by atoms with E-state index in [0.29, 0.717) is 6.54 Å². The topological polar surface area (TPSA) is 77.8 Å². The van der Waals surface area contributed by atoms with E-state index in [0.717, 1.165) is 5.56 Å². The van der Waals surface area contributed by atoms with Crippen molar-refractivity contribution < 1.29 is 19.8 Å². The SMILES string of the molecule is C[C@@]1(C(=O)O)CC(C(=O)O)N1Cc1ccccc1. The van der Waals surface area contributed by atoms with Crippen molar-refractivity contribution in [2.45, 2.75) is 31.5 Å². The van der Waals surface area contributed by atoms with E-state index in [2.05, 4.69) is 0 Å². The van der Waals surface area contributed by atoms with Gasteiger partial charge in [-0.3, -0.25) is 14.5 Å². The Kier molecular flexibility index (Phi) is 3.09. The number of carboxylic acid groups (broad SMARTS) is 2. The Hall–Kier alpha value is -1.88. The van der Waals surface area contributed by atoms with Crippen molar-refractivity contribution in [2.24, 2.45) is 0 Å².